The minimum Gasteiger partial charge on any atom is -0.454 e. The van der Waals surface area contributed by atoms with Crippen LogP contribution in [-0.4, -0.2) is 25.8 Å². The van der Waals surface area contributed by atoms with E-state index in [2.05, 4.69) is 17.6 Å². The zero-order valence-electron chi connectivity index (χ0n) is 11.8. The van der Waals surface area contributed by atoms with Crippen molar-refractivity contribution in [2.24, 2.45) is 11.8 Å². The molecular formula is C15H20N2O3. The van der Waals surface area contributed by atoms with Crippen LogP contribution in [0.1, 0.15) is 25.5 Å². The van der Waals surface area contributed by atoms with Gasteiger partial charge in [0, 0.05) is 6.54 Å². The molecule has 0 radical (unpaired) electrons. The SMILES string of the molecule is CC(NC(=O)[C@@H]1CNC[C@H]1C)c1ccc2c(c1)OCO2. The van der Waals surface area contributed by atoms with Gasteiger partial charge in [0.1, 0.15) is 0 Å². The molecule has 108 valence electrons. The Hall–Kier alpha value is -1.75. The summed E-state index contributed by atoms with van der Waals surface area (Å²) < 4.78 is 10.7. The van der Waals surface area contributed by atoms with Gasteiger partial charge in [-0.15, -0.1) is 0 Å². The fourth-order valence-electron chi connectivity index (χ4n) is 2.75. The van der Waals surface area contributed by atoms with E-state index >= 15 is 0 Å². The second kappa shape index (κ2) is 5.32. The summed E-state index contributed by atoms with van der Waals surface area (Å²) in [6.07, 6.45) is 0. The number of hydrogen-bond acceptors (Lipinski definition) is 4. The predicted octanol–water partition coefficient (Wildman–Crippen LogP) is 1.45. The molecule has 0 saturated carbocycles. The second-order valence-corrected chi connectivity index (χ2v) is 5.59. The average molecular weight is 276 g/mol. The maximum Gasteiger partial charge on any atom is 0.231 e. The molecule has 20 heavy (non-hydrogen) atoms. The van der Waals surface area contributed by atoms with E-state index in [1.807, 2.05) is 25.1 Å². The quantitative estimate of drug-likeness (QED) is 0.877. The number of fused-ring (bicyclic) bond motifs is 1. The van der Waals surface area contributed by atoms with Crippen molar-refractivity contribution >= 4 is 5.91 Å². The summed E-state index contributed by atoms with van der Waals surface area (Å²) in [7, 11) is 0. The first-order chi connectivity index (χ1) is 9.65. The predicted molar refractivity (Wildman–Crippen MR) is 74.6 cm³/mol. The third-order valence-corrected chi connectivity index (χ3v) is 4.11. The van der Waals surface area contributed by atoms with Crippen LogP contribution in [0, 0.1) is 11.8 Å². The summed E-state index contributed by atoms with van der Waals surface area (Å²) in [5, 5.41) is 6.34. The molecule has 0 aliphatic carbocycles. The van der Waals surface area contributed by atoms with Crippen molar-refractivity contribution in [2.45, 2.75) is 19.9 Å². The van der Waals surface area contributed by atoms with E-state index in [9.17, 15) is 4.79 Å². The molecule has 3 rings (SSSR count). The average Bonchev–Trinajstić information content (AvgIpc) is 3.05. The number of carbonyl (C=O) groups excluding carboxylic acids is 1. The zero-order valence-corrected chi connectivity index (χ0v) is 11.8. The van der Waals surface area contributed by atoms with E-state index in [0.29, 0.717) is 5.92 Å². The van der Waals surface area contributed by atoms with Crippen molar-refractivity contribution in [1.29, 1.82) is 0 Å². The van der Waals surface area contributed by atoms with Crippen LogP contribution in [0.5, 0.6) is 11.5 Å². The Morgan fingerprint density at radius 3 is 2.90 bits per heavy atom. The molecule has 2 aliphatic heterocycles. The molecule has 2 N–H and O–H groups in total. The summed E-state index contributed by atoms with van der Waals surface area (Å²) in [6, 6.07) is 5.75. The first-order valence-corrected chi connectivity index (χ1v) is 7.06. The summed E-state index contributed by atoms with van der Waals surface area (Å²) in [6.45, 7) is 6.04. The molecule has 2 heterocycles. The molecule has 0 bridgehead atoms. The number of rotatable bonds is 3. The lowest BCUT2D eigenvalue weighted by atomic mass is 9.96. The van der Waals surface area contributed by atoms with Crippen molar-refractivity contribution in [3.63, 3.8) is 0 Å². The number of benzene rings is 1. The molecule has 1 saturated heterocycles. The normalized spacial score (nSPS) is 25.5. The van der Waals surface area contributed by atoms with Gasteiger partial charge in [0.25, 0.3) is 0 Å². The van der Waals surface area contributed by atoms with Gasteiger partial charge in [0.2, 0.25) is 12.7 Å². The number of ether oxygens (including phenoxy) is 2. The van der Waals surface area contributed by atoms with Gasteiger partial charge in [-0.05, 0) is 37.1 Å². The van der Waals surface area contributed by atoms with Crippen LogP contribution in [0.2, 0.25) is 0 Å². The van der Waals surface area contributed by atoms with Crippen LogP contribution in [-0.2, 0) is 4.79 Å². The Kier molecular flexibility index (Phi) is 3.53. The Morgan fingerprint density at radius 1 is 1.35 bits per heavy atom. The van der Waals surface area contributed by atoms with E-state index in [0.717, 1.165) is 30.2 Å². The number of carbonyl (C=O) groups is 1. The second-order valence-electron chi connectivity index (χ2n) is 5.59. The van der Waals surface area contributed by atoms with Crippen LogP contribution < -0.4 is 20.1 Å². The van der Waals surface area contributed by atoms with Crippen molar-refractivity contribution in [3.05, 3.63) is 23.8 Å². The molecule has 3 atom stereocenters. The van der Waals surface area contributed by atoms with Crippen molar-refractivity contribution in [3.8, 4) is 11.5 Å². The van der Waals surface area contributed by atoms with Crippen LogP contribution in [0.25, 0.3) is 0 Å². The highest BCUT2D eigenvalue weighted by Crippen LogP contribution is 2.34. The molecule has 0 spiro atoms. The monoisotopic (exact) mass is 276 g/mol. The van der Waals surface area contributed by atoms with Crippen LogP contribution in [0.4, 0.5) is 0 Å². The van der Waals surface area contributed by atoms with E-state index < -0.39 is 0 Å². The highest BCUT2D eigenvalue weighted by atomic mass is 16.7. The minimum absolute atomic E-state index is 0.0372. The van der Waals surface area contributed by atoms with Gasteiger partial charge in [-0.2, -0.15) is 0 Å². The number of hydrogen-bond donors (Lipinski definition) is 2. The van der Waals surface area contributed by atoms with E-state index in [1.165, 1.54) is 0 Å². The van der Waals surface area contributed by atoms with Gasteiger partial charge < -0.3 is 20.1 Å². The molecule has 5 nitrogen and oxygen atoms in total. The molecule has 1 aromatic carbocycles. The number of nitrogens with one attached hydrogen (secondary N) is 2. The van der Waals surface area contributed by atoms with Crippen LogP contribution in [0.3, 0.4) is 0 Å². The molecule has 1 fully saturated rings. The first kappa shape index (κ1) is 13.2. The van der Waals surface area contributed by atoms with E-state index in [-0.39, 0.29) is 24.7 Å². The van der Waals surface area contributed by atoms with Crippen molar-refractivity contribution in [2.75, 3.05) is 19.9 Å². The lowest BCUT2D eigenvalue weighted by molar-refractivity contribution is -0.126. The Balaban J connectivity index is 1.67. The fraction of sp³-hybridized carbons (Fsp3) is 0.533. The fourth-order valence-corrected chi connectivity index (χ4v) is 2.75. The highest BCUT2D eigenvalue weighted by molar-refractivity contribution is 5.80. The van der Waals surface area contributed by atoms with Gasteiger partial charge in [0.05, 0.1) is 12.0 Å². The van der Waals surface area contributed by atoms with Gasteiger partial charge in [-0.3, -0.25) is 4.79 Å². The van der Waals surface area contributed by atoms with Crippen molar-refractivity contribution in [1.82, 2.24) is 10.6 Å². The molecule has 1 amide bonds. The maximum absolute atomic E-state index is 12.3. The molecular weight excluding hydrogens is 256 g/mol. The van der Waals surface area contributed by atoms with E-state index in [4.69, 9.17) is 9.47 Å². The van der Waals surface area contributed by atoms with Crippen LogP contribution >= 0.6 is 0 Å². The first-order valence-electron chi connectivity index (χ1n) is 7.06. The van der Waals surface area contributed by atoms with Gasteiger partial charge in [-0.1, -0.05) is 13.0 Å². The molecule has 2 aliphatic rings. The molecule has 1 aromatic rings. The third-order valence-electron chi connectivity index (χ3n) is 4.11. The van der Waals surface area contributed by atoms with Gasteiger partial charge >= 0.3 is 0 Å². The van der Waals surface area contributed by atoms with Gasteiger partial charge in [-0.25, -0.2) is 0 Å². The topological polar surface area (TPSA) is 59.6 Å². The third kappa shape index (κ3) is 2.45. The summed E-state index contributed by atoms with van der Waals surface area (Å²) in [5.74, 6) is 2.08. The Bertz CT molecular complexity index is 518. The smallest absolute Gasteiger partial charge is 0.231 e. The zero-order chi connectivity index (χ0) is 14.1. The lowest BCUT2D eigenvalue weighted by Crippen LogP contribution is -2.35. The summed E-state index contributed by atoms with van der Waals surface area (Å²) >= 11 is 0. The van der Waals surface area contributed by atoms with E-state index in [1.54, 1.807) is 0 Å². The lowest BCUT2D eigenvalue weighted by Gasteiger charge is -2.19. The Labute approximate surface area is 118 Å². The molecule has 0 aromatic heterocycles. The standard InChI is InChI=1S/C15H20N2O3/c1-9-6-16-7-12(9)15(18)17-10(2)11-3-4-13-14(5-11)20-8-19-13/h3-5,9-10,12,16H,6-8H2,1-2H3,(H,17,18)/t9-,10?,12-/m1/s1. The summed E-state index contributed by atoms with van der Waals surface area (Å²) in [5.41, 5.74) is 1.03. The molecule has 1 unspecified atom stereocenters. The minimum atomic E-state index is -0.0372. The Morgan fingerprint density at radius 2 is 2.15 bits per heavy atom. The van der Waals surface area contributed by atoms with Gasteiger partial charge in [0.15, 0.2) is 11.5 Å². The van der Waals surface area contributed by atoms with Crippen molar-refractivity contribution < 1.29 is 14.3 Å². The number of amides is 1. The highest BCUT2D eigenvalue weighted by Gasteiger charge is 2.30. The molecule has 5 heteroatoms. The maximum atomic E-state index is 12.3. The largest absolute Gasteiger partial charge is 0.454 e. The van der Waals surface area contributed by atoms with Crippen LogP contribution in [0.15, 0.2) is 18.2 Å². The summed E-state index contributed by atoms with van der Waals surface area (Å²) in [4.78, 5) is 12.3.